The van der Waals surface area contributed by atoms with Crippen LogP contribution in [0.3, 0.4) is 0 Å². The Morgan fingerprint density at radius 2 is 2.41 bits per heavy atom. The molecule has 0 aliphatic carbocycles. The van der Waals surface area contributed by atoms with Crippen LogP contribution < -0.4 is 4.74 Å². The van der Waals surface area contributed by atoms with Gasteiger partial charge in [0.2, 0.25) is 5.11 Å². The van der Waals surface area contributed by atoms with Gasteiger partial charge in [0.1, 0.15) is 5.75 Å². The van der Waals surface area contributed by atoms with Crippen LogP contribution in [0.25, 0.3) is 0 Å². The van der Waals surface area contributed by atoms with Crippen LogP contribution in [-0.4, -0.2) is 23.7 Å². The first-order chi connectivity index (χ1) is 8.26. The van der Waals surface area contributed by atoms with Crippen molar-refractivity contribution in [3.63, 3.8) is 0 Å². The molecule has 0 radical (unpaired) electrons. The van der Waals surface area contributed by atoms with E-state index in [9.17, 15) is 0 Å². The van der Waals surface area contributed by atoms with Crippen LogP contribution in [0.1, 0.15) is 11.7 Å². The number of rotatable bonds is 4. The summed E-state index contributed by atoms with van der Waals surface area (Å²) in [4.78, 5) is 1.91. The van der Waals surface area contributed by atoms with Gasteiger partial charge in [0.05, 0.1) is 7.11 Å². The van der Waals surface area contributed by atoms with Crippen LogP contribution in [0.5, 0.6) is 5.75 Å². The fraction of sp³-hybridized carbons (Fsp3) is 0.250. The van der Waals surface area contributed by atoms with Crippen LogP contribution >= 0.6 is 12.2 Å². The average molecular weight is 247 g/mol. The van der Waals surface area contributed by atoms with E-state index in [4.69, 9.17) is 17.0 Å². The highest BCUT2D eigenvalue weighted by atomic mass is 32.1. The molecule has 5 heteroatoms. The first kappa shape index (κ1) is 11.7. The van der Waals surface area contributed by atoms with E-state index in [1.807, 2.05) is 29.2 Å². The molecule has 0 aromatic heterocycles. The van der Waals surface area contributed by atoms with E-state index in [0.29, 0.717) is 11.7 Å². The molecule has 1 heterocycles. The van der Waals surface area contributed by atoms with Crippen molar-refractivity contribution in [2.75, 3.05) is 13.7 Å². The SMILES string of the molecule is C=CCN1C(=S)N=NC1c1cccc(OC)c1. The molecule has 0 saturated carbocycles. The summed E-state index contributed by atoms with van der Waals surface area (Å²) in [5.74, 6) is 0.800. The standard InChI is InChI=1S/C12H13N3OS/c1-3-7-15-11(13-14-12(15)17)9-5-4-6-10(8-9)16-2/h3-6,8,11H,1,7H2,2H3. The van der Waals surface area contributed by atoms with Gasteiger partial charge in [0.25, 0.3) is 0 Å². The Morgan fingerprint density at radius 1 is 1.59 bits per heavy atom. The van der Waals surface area contributed by atoms with Crippen LogP contribution in [0.2, 0.25) is 0 Å². The second-order valence-electron chi connectivity index (χ2n) is 3.59. The summed E-state index contributed by atoms with van der Waals surface area (Å²) < 4.78 is 5.19. The van der Waals surface area contributed by atoms with Gasteiger partial charge in [-0.1, -0.05) is 18.2 Å². The minimum absolute atomic E-state index is 0.171. The predicted octanol–water partition coefficient (Wildman–Crippen LogP) is 2.93. The number of nitrogens with zero attached hydrogens (tertiary/aromatic N) is 3. The van der Waals surface area contributed by atoms with Crippen LogP contribution in [0.4, 0.5) is 0 Å². The molecule has 0 spiro atoms. The second kappa shape index (κ2) is 5.05. The van der Waals surface area contributed by atoms with Crippen molar-refractivity contribution < 1.29 is 4.74 Å². The molecule has 1 unspecified atom stereocenters. The normalized spacial score (nSPS) is 18.5. The minimum atomic E-state index is -0.171. The molecule has 88 valence electrons. The van der Waals surface area contributed by atoms with E-state index in [0.717, 1.165) is 11.3 Å². The molecule has 1 aliphatic heterocycles. The molecule has 0 bridgehead atoms. The molecule has 17 heavy (non-hydrogen) atoms. The highest BCUT2D eigenvalue weighted by molar-refractivity contribution is 7.80. The molecule has 0 N–H and O–H groups in total. The van der Waals surface area contributed by atoms with Crippen molar-refractivity contribution >= 4 is 17.3 Å². The van der Waals surface area contributed by atoms with Crippen LogP contribution in [0.15, 0.2) is 47.1 Å². The van der Waals surface area contributed by atoms with Gasteiger partial charge in [0, 0.05) is 12.1 Å². The summed E-state index contributed by atoms with van der Waals surface area (Å²) in [5.41, 5.74) is 1.01. The van der Waals surface area contributed by atoms with E-state index in [1.165, 1.54) is 0 Å². The Hall–Kier alpha value is -1.75. The van der Waals surface area contributed by atoms with Gasteiger partial charge in [-0.2, -0.15) is 5.11 Å². The van der Waals surface area contributed by atoms with E-state index >= 15 is 0 Å². The van der Waals surface area contributed by atoms with Crippen molar-refractivity contribution in [3.05, 3.63) is 42.5 Å². The van der Waals surface area contributed by atoms with Crippen molar-refractivity contribution in [1.82, 2.24) is 4.90 Å². The molecule has 1 atom stereocenters. The Morgan fingerprint density at radius 3 is 3.12 bits per heavy atom. The molecule has 0 fully saturated rings. The van der Waals surface area contributed by atoms with Crippen LogP contribution in [0, 0.1) is 0 Å². The Labute approximate surface area is 106 Å². The third-order valence-corrected chi connectivity index (χ3v) is 2.83. The van der Waals surface area contributed by atoms with E-state index in [-0.39, 0.29) is 6.17 Å². The fourth-order valence-electron chi connectivity index (χ4n) is 1.69. The van der Waals surface area contributed by atoms with Gasteiger partial charge in [-0.3, -0.25) is 0 Å². The third-order valence-electron chi connectivity index (χ3n) is 2.51. The maximum Gasteiger partial charge on any atom is 0.218 e. The monoisotopic (exact) mass is 247 g/mol. The summed E-state index contributed by atoms with van der Waals surface area (Å²) in [6, 6.07) is 7.74. The molecular formula is C12H13N3OS. The Bertz CT molecular complexity index is 473. The second-order valence-corrected chi connectivity index (χ2v) is 3.95. The lowest BCUT2D eigenvalue weighted by Crippen LogP contribution is -2.27. The zero-order valence-electron chi connectivity index (χ0n) is 9.54. The van der Waals surface area contributed by atoms with Crippen molar-refractivity contribution in [3.8, 4) is 5.75 Å². The fourth-order valence-corrected chi connectivity index (χ4v) is 1.92. The maximum atomic E-state index is 5.19. The smallest absolute Gasteiger partial charge is 0.218 e. The van der Waals surface area contributed by atoms with E-state index in [2.05, 4.69) is 16.8 Å². The quantitative estimate of drug-likeness (QED) is 0.606. The summed E-state index contributed by atoms with van der Waals surface area (Å²) in [5, 5.41) is 8.61. The lowest BCUT2D eigenvalue weighted by Gasteiger charge is -2.21. The summed E-state index contributed by atoms with van der Waals surface area (Å²) >= 11 is 5.13. The van der Waals surface area contributed by atoms with Crippen LogP contribution in [-0.2, 0) is 0 Å². The van der Waals surface area contributed by atoms with Crippen molar-refractivity contribution in [2.45, 2.75) is 6.17 Å². The molecule has 0 amide bonds. The highest BCUT2D eigenvalue weighted by Crippen LogP contribution is 2.30. The molecule has 4 nitrogen and oxygen atoms in total. The largest absolute Gasteiger partial charge is 0.497 e. The van der Waals surface area contributed by atoms with E-state index in [1.54, 1.807) is 13.2 Å². The maximum absolute atomic E-state index is 5.19. The van der Waals surface area contributed by atoms with Gasteiger partial charge in [-0.15, -0.1) is 11.7 Å². The topological polar surface area (TPSA) is 37.2 Å². The minimum Gasteiger partial charge on any atom is -0.497 e. The molecule has 2 rings (SSSR count). The number of ether oxygens (including phenoxy) is 1. The van der Waals surface area contributed by atoms with E-state index < -0.39 is 0 Å². The molecular weight excluding hydrogens is 234 g/mol. The first-order valence-corrected chi connectivity index (χ1v) is 5.63. The number of hydrogen-bond acceptors (Lipinski definition) is 3. The number of methoxy groups -OCH3 is 1. The third kappa shape index (κ3) is 2.34. The van der Waals surface area contributed by atoms with Gasteiger partial charge in [-0.25, -0.2) is 0 Å². The molecule has 0 saturated heterocycles. The highest BCUT2D eigenvalue weighted by Gasteiger charge is 2.26. The zero-order valence-corrected chi connectivity index (χ0v) is 10.4. The number of azo groups is 1. The summed E-state index contributed by atoms with van der Waals surface area (Å²) in [6.07, 6.45) is 1.62. The Balaban J connectivity index is 2.28. The number of benzene rings is 1. The number of thiocarbonyl (C=S) groups is 1. The van der Waals surface area contributed by atoms with Gasteiger partial charge in [0.15, 0.2) is 6.17 Å². The van der Waals surface area contributed by atoms with Gasteiger partial charge < -0.3 is 9.64 Å². The molecule has 1 aromatic carbocycles. The lowest BCUT2D eigenvalue weighted by atomic mass is 10.1. The predicted molar refractivity (Wildman–Crippen MR) is 70.1 cm³/mol. The lowest BCUT2D eigenvalue weighted by molar-refractivity contribution is 0.375. The summed E-state index contributed by atoms with van der Waals surface area (Å²) in [6.45, 7) is 4.34. The first-order valence-electron chi connectivity index (χ1n) is 5.22. The summed E-state index contributed by atoms with van der Waals surface area (Å²) in [7, 11) is 1.64. The zero-order chi connectivity index (χ0) is 12.3. The van der Waals surface area contributed by atoms with Crippen molar-refractivity contribution in [2.24, 2.45) is 10.2 Å². The van der Waals surface area contributed by atoms with Gasteiger partial charge in [-0.05, 0) is 24.4 Å². The molecule has 1 aromatic rings. The Kier molecular flexibility index (Phi) is 3.49. The van der Waals surface area contributed by atoms with Crippen molar-refractivity contribution in [1.29, 1.82) is 0 Å². The average Bonchev–Trinajstić information content (AvgIpc) is 2.72. The number of hydrogen-bond donors (Lipinski definition) is 0. The molecule has 1 aliphatic rings. The van der Waals surface area contributed by atoms with Gasteiger partial charge >= 0.3 is 0 Å².